The van der Waals surface area contributed by atoms with Gasteiger partial charge >= 0.3 is 0 Å². The van der Waals surface area contributed by atoms with Crippen molar-refractivity contribution in [1.82, 2.24) is 9.38 Å². The molecule has 1 N–H and O–H groups in total. The Hall–Kier alpha value is -2.60. The lowest BCUT2D eigenvalue weighted by atomic mass is 10.1. The highest BCUT2D eigenvalue weighted by Gasteiger charge is 2.11. The van der Waals surface area contributed by atoms with E-state index >= 15 is 0 Å². The second-order valence-corrected chi connectivity index (χ2v) is 6.10. The van der Waals surface area contributed by atoms with Crippen molar-refractivity contribution < 1.29 is 9.13 Å². The Morgan fingerprint density at radius 2 is 2.04 bits per heavy atom. The number of imidazole rings is 1. The van der Waals surface area contributed by atoms with Crippen LogP contribution in [0, 0.1) is 0 Å². The highest BCUT2D eigenvalue weighted by atomic mass is 32.1. The summed E-state index contributed by atoms with van der Waals surface area (Å²) < 4.78 is 20.3. The lowest BCUT2D eigenvalue weighted by Gasteiger charge is -2.01. The molecular formula is C17H14FN3OS. The molecule has 0 fully saturated rings. The number of hydrogen-bond donors (Lipinski definition) is 1. The molecule has 6 heteroatoms. The van der Waals surface area contributed by atoms with Gasteiger partial charge in [0.1, 0.15) is 5.75 Å². The Balaban J connectivity index is 1.78. The van der Waals surface area contributed by atoms with E-state index in [2.05, 4.69) is 9.72 Å². The number of ether oxygens (including phenoxy) is 1. The molecule has 0 unspecified atom stereocenters. The van der Waals surface area contributed by atoms with Gasteiger partial charge in [0.15, 0.2) is 4.96 Å². The average molecular weight is 327 g/mol. The molecule has 4 aromatic rings. The van der Waals surface area contributed by atoms with E-state index in [0.717, 1.165) is 32.1 Å². The Bertz CT molecular complexity index is 975. The molecule has 0 aliphatic heterocycles. The fourth-order valence-electron chi connectivity index (χ4n) is 2.58. The number of benzene rings is 2. The van der Waals surface area contributed by atoms with Crippen molar-refractivity contribution >= 4 is 32.2 Å². The van der Waals surface area contributed by atoms with Crippen molar-refractivity contribution in [1.29, 1.82) is 0 Å². The zero-order valence-corrected chi connectivity index (χ0v) is 13.2. The number of thiazole rings is 1. The SMILES string of the molecule is CNc1ccc(-c2cn3c(n2)sc2cc(OCF)ccc23)cc1. The maximum absolute atomic E-state index is 12.3. The third kappa shape index (κ3) is 2.41. The summed E-state index contributed by atoms with van der Waals surface area (Å²) in [6.07, 6.45) is 2.03. The molecule has 0 aliphatic carbocycles. The molecule has 23 heavy (non-hydrogen) atoms. The number of fused-ring (bicyclic) bond motifs is 3. The van der Waals surface area contributed by atoms with Gasteiger partial charge in [-0.1, -0.05) is 23.5 Å². The van der Waals surface area contributed by atoms with Crippen LogP contribution in [-0.2, 0) is 0 Å². The van der Waals surface area contributed by atoms with Crippen molar-refractivity contribution in [2.75, 3.05) is 19.2 Å². The number of aromatic nitrogens is 2. The molecule has 4 nitrogen and oxygen atoms in total. The van der Waals surface area contributed by atoms with E-state index in [1.807, 2.05) is 49.6 Å². The van der Waals surface area contributed by atoms with E-state index in [0.29, 0.717) is 5.75 Å². The minimum absolute atomic E-state index is 0.535. The highest BCUT2D eigenvalue weighted by Crippen LogP contribution is 2.32. The molecule has 4 rings (SSSR count). The first-order chi connectivity index (χ1) is 11.3. The van der Waals surface area contributed by atoms with Crippen molar-refractivity contribution in [3.05, 3.63) is 48.7 Å². The monoisotopic (exact) mass is 327 g/mol. The molecule has 0 saturated heterocycles. The van der Waals surface area contributed by atoms with Crippen LogP contribution < -0.4 is 10.1 Å². The van der Waals surface area contributed by atoms with Crippen LogP contribution in [0.2, 0.25) is 0 Å². The smallest absolute Gasteiger partial charge is 0.228 e. The van der Waals surface area contributed by atoms with Gasteiger partial charge in [0.2, 0.25) is 6.86 Å². The number of alkyl halides is 1. The van der Waals surface area contributed by atoms with Crippen LogP contribution in [0.15, 0.2) is 48.7 Å². The fraction of sp³-hybridized carbons (Fsp3) is 0.118. The van der Waals surface area contributed by atoms with Gasteiger partial charge in [0, 0.05) is 24.5 Å². The predicted octanol–water partition coefficient (Wildman–Crippen LogP) is 4.56. The number of hydrogen-bond acceptors (Lipinski definition) is 4. The first-order valence-electron chi connectivity index (χ1n) is 7.17. The first kappa shape index (κ1) is 14.0. The second kappa shape index (κ2) is 5.55. The zero-order valence-electron chi connectivity index (χ0n) is 12.4. The van der Waals surface area contributed by atoms with E-state index < -0.39 is 6.86 Å². The van der Waals surface area contributed by atoms with Crippen LogP contribution in [0.25, 0.3) is 26.4 Å². The van der Waals surface area contributed by atoms with E-state index in [1.54, 1.807) is 17.4 Å². The molecule has 0 amide bonds. The average Bonchev–Trinajstić information content (AvgIpc) is 3.12. The summed E-state index contributed by atoms with van der Waals surface area (Å²) >= 11 is 1.56. The van der Waals surface area contributed by atoms with Gasteiger partial charge in [-0.3, -0.25) is 4.40 Å². The normalized spacial score (nSPS) is 11.2. The summed E-state index contributed by atoms with van der Waals surface area (Å²) in [6, 6.07) is 13.7. The number of nitrogens with zero attached hydrogens (tertiary/aromatic N) is 2. The molecule has 0 atom stereocenters. The number of rotatable bonds is 4. The van der Waals surface area contributed by atoms with Crippen molar-refractivity contribution in [3.63, 3.8) is 0 Å². The fourth-order valence-corrected chi connectivity index (χ4v) is 3.62. The Kier molecular flexibility index (Phi) is 3.38. The molecule has 2 heterocycles. The second-order valence-electron chi connectivity index (χ2n) is 5.09. The highest BCUT2D eigenvalue weighted by molar-refractivity contribution is 7.23. The van der Waals surface area contributed by atoms with Crippen LogP contribution in [0.1, 0.15) is 0 Å². The van der Waals surface area contributed by atoms with Gasteiger partial charge < -0.3 is 10.1 Å². The molecule has 0 spiro atoms. The number of halogens is 1. The standard InChI is InChI=1S/C17H14FN3OS/c1-19-12-4-2-11(3-5-12)14-9-21-15-7-6-13(22-10-18)8-16(15)23-17(21)20-14/h2-9,19H,10H2,1H3. The van der Waals surface area contributed by atoms with Gasteiger partial charge in [-0.05, 0) is 30.3 Å². The van der Waals surface area contributed by atoms with Gasteiger partial charge in [0.25, 0.3) is 0 Å². The van der Waals surface area contributed by atoms with Gasteiger partial charge in [0.05, 0.1) is 15.9 Å². The quantitative estimate of drug-likeness (QED) is 0.597. The van der Waals surface area contributed by atoms with Crippen LogP contribution in [0.3, 0.4) is 0 Å². The molecule has 0 radical (unpaired) electrons. The minimum Gasteiger partial charge on any atom is -0.463 e. The van der Waals surface area contributed by atoms with Crippen molar-refractivity contribution in [2.45, 2.75) is 0 Å². The Labute approximate surface area is 136 Å². The molecule has 116 valence electrons. The summed E-state index contributed by atoms with van der Waals surface area (Å²) in [5.41, 5.74) is 4.12. The summed E-state index contributed by atoms with van der Waals surface area (Å²) in [5.74, 6) is 0.535. The molecule has 2 aromatic heterocycles. The lowest BCUT2D eigenvalue weighted by Crippen LogP contribution is -1.89. The number of anilines is 1. The van der Waals surface area contributed by atoms with E-state index in [9.17, 15) is 4.39 Å². The largest absolute Gasteiger partial charge is 0.463 e. The summed E-state index contributed by atoms with van der Waals surface area (Å²) in [5, 5.41) is 3.10. The zero-order chi connectivity index (χ0) is 15.8. The summed E-state index contributed by atoms with van der Waals surface area (Å²) in [6.45, 7) is -0.819. The van der Waals surface area contributed by atoms with Gasteiger partial charge in [-0.25, -0.2) is 9.37 Å². The topological polar surface area (TPSA) is 38.6 Å². The lowest BCUT2D eigenvalue weighted by molar-refractivity contribution is 0.192. The molecule has 0 aliphatic rings. The molecular weight excluding hydrogens is 313 g/mol. The summed E-state index contributed by atoms with van der Waals surface area (Å²) in [4.78, 5) is 5.61. The Morgan fingerprint density at radius 1 is 1.22 bits per heavy atom. The summed E-state index contributed by atoms with van der Waals surface area (Å²) in [7, 11) is 1.90. The van der Waals surface area contributed by atoms with Gasteiger partial charge in [-0.2, -0.15) is 0 Å². The van der Waals surface area contributed by atoms with Crippen molar-refractivity contribution in [3.8, 4) is 17.0 Å². The Morgan fingerprint density at radius 3 is 2.78 bits per heavy atom. The predicted molar refractivity (Wildman–Crippen MR) is 92.2 cm³/mol. The van der Waals surface area contributed by atoms with E-state index in [1.165, 1.54) is 0 Å². The third-order valence-electron chi connectivity index (χ3n) is 3.76. The maximum Gasteiger partial charge on any atom is 0.228 e. The van der Waals surface area contributed by atoms with E-state index in [-0.39, 0.29) is 0 Å². The van der Waals surface area contributed by atoms with Crippen LogP contribution in [0.4, 0.5) is 10.1 Å². The number of nitrogens with one attached hydrogen (secondary N) is 1. The van der Waals surface area contributed by atoms with Crippen LogP contribution >= 0.6 is 11.3 Å². The third-order valence-corrected chi connectivity index (χ3v) is 4.77. The van der Waals surface area contributed by atoms with Crippen molar-refractivity contribution in [2.24, 2.45) is 0 Å². The molecule has 0 saturated carbocycles. The molecule has 0 bridgehead atoms. The van der Waals surface area contributed by atoms with Gasteiger partial charge in [-0.15, -0.1) is 0 Å². The van der Waals surface area contributed by atoms with E-state index in [4.69, 9.17) is 9.72 Å². The van der Waals surface area contributed by atoms with Crippen LogP contribution in [0.5, 0.6) is 5.75 Å². The minimum atomic E-state index is -0.819. The molecule has 2 aromatic carbocycles. The maximum atomic E-state index is 12.3. The first-order valence-corrected chi connectivity index (χ1v) is 7.99. The van der Waals surface area contributed by atoms with Crippen LogP contribution in [-0.4, -0.2) is 23.3 Å².